The Labute approximate surface area is 106 Å². The summed E-state index contributed by atoms with van der Waals surface area (Å²) in [6, 6.07) is 2.22. The van der Waals surface area contributed by atoms with Gasteiger partial charge in [0, 0.05) is 10.1 Å². The molecule has 1 aliphatic rings. The SMILES string of the molecule is CCc1ccsc1CNC1=NCC(CC)S1. The monoisotopic (exact) mass is 254 g/mol. The summed E-state index contributed by atoms with van der Waals surface area (Å²) in [5, 5.41) is 7.44. The molecule has 1 aromatic heterocycles. The van der Waals surface area contributed by atoms with Gasteiger partial charge < -0.3 is 5.32 Å². The zero-order valence-corrected chi connectivity index (χ0v) is 11.5. The number of thioether (sulfide) groups is 1. The summed E-state index contributed by atoms with van der Waals surface area (Å²) in [4.78, 5) is 5.97. The van der Waals surface area contributed by atoms with Crippen LogP contribution >= 0.6 is 23.1 Å². The molecule has 1 aliphatic heterocycles. The van der Waals surface area contributed by atoms with Crippen molar-refractivity contribution in [3.8, 4) is 0 Å². The molecule has 88 valence electrons. The molecule has 0 saturated heterocycles. The van der Waals surface area contributed by atoms with Crippen molar-refractivity contribution in [3.63, 3.8) is 0 Å². The fourth-order valence-electron chi connectivity index (χ4n) is 1.72. The van der Waals surface area contributed by atoms with Crippen LogP contribution < -0.4 is 5.32 Å². The second kappa shape index (κ2) is 5.73. The Morgan fingerprint density at radius 1 is 1.50 bits per heavy atom. The molecule has 0 spiro atoms. The molecule has 1 aromatic rings. The molecule has 2 heterocycles. The highest BCUT2D eigenvalue weighted by molar-refractivity contribution is 8.14. The highest BCUT2D eigenvalue weighted by atomic mass is 32.2. The van der Waals surface area contributed by atoms with Crippen molar-refractivity contribution in [2.75, 3.05) is 6.54 Å². The number of hydrogen-bond acceptors (Lipinski definition) is 4. The molecule has 0 radical (unpaired) electrons. The number of hydrogen-bond donors (Lipinski definition) is 1. The second-order valence-corrected chi connectivity index (χ2v) is 6.16. The Hall–Kier alpha value is -0.480. The minimum atomic E-state index is 0.691. The number of thiophene rings is 1. The van der Waals surface area contributed by atoms with Crippen LogP contribution in [0.2, 0.25) is 0 Å². The summed E-state index contributed by atoms with van der Waals surface area (Å²) in [7, 11) is 0. The van der Waals surface area contributed by atoms with Gasteiger partial charge in [0.1, 0.15) is 0 Å². The van der Waals surface area contributed by atoms with Gasteiger partial charge in [0.15, 0.2) is 5.17 Å². The summed E-state index contributed by atoms with van der Waals surface area (Å²) in [6.07, 6.45) is 2.33. The average molecular weight is 254 g/mol. The molecular formula is C12H18N2S2. The van der Waals surface area contributed by atoms with Crippen LogP contribution in [0.1, 0.15) is 30.7 Å². The van der Waals surface area contributed by atoms with Crippen molar-refractivity contribution in [2.45, 2.75) is 38.5 Å². The van der Waals surface area contributed by atoms with E-state index in [1.54, 1.807) is 0 Å². The van der Waals surface area contributed by atoms with Crippen LogP contribution in [0.15, 0.2) is 16.4 Å². The van der Waals surface area contributed by atoms with Crippen LogP contribution in [0.4, 0.5) is 0 Å². The molecule has 0 bridgehead atoms. The van der Waals surface area contributed by atoms with E-state index < -0.39 is 0 Å². The number of aliphatic imine (C=N–C) groups is 1. The van der Waals surface area contributed by atoms with Crippen molar-refractivity contribution in [1.29, 1.82) is 0 Å². The molecule has 1 N–H and O–H groups in total. The van der Waals surface area contributed by atoms with Crippen LogP contribution in [0.25, 0.3) is 0 Å². The molecule has 4 heteroatoms. The lowest BCUT2D eigenvalue weighted by atomic mass is 10.2. The fraction of sp³-hybridized carbons (Fsp3) is 0.583. The quantitative estimate of drug-likeness (QED) is 0.891. The van der Waals surface area contributed by atoms with Crippen molar-refractivity contribution < 1.29 is 0 Å². The Morgan fingerprint density at radius 3 is 3.06 bits per heavy atom. The third kappa shape index (κ3) is 2.80. The van der Waals surface area contributed by atoms with Gasteiger partial charge >= 0.3 is 0 Å². The molecule has 0 saturated carbocycles. The number of nitrogens with one attached hydrogen (secondary N) is 1. The van der Waals surface area contributed by atoms with E-state index >= 15 is 0 Å². The topological polar surface area (TPSA) is 24.4 Å². The van der Waals surface area contributed by atoms with E-state index in [-0.39, 0.29) is 0 Å². The number of rotatable bonds is 4. The maximum absolute atomic E-state index is 4.52. The molecule has 0 aromatic carbocycles. The van der Waals surface area contributed by atoms with Crippen molar-refractivity contribution >= 4 is 28.3 Å². The summed E-state index contributed by atoms with van der Waals surface area (Å²) in [5.74, 6) is 0. The van der Waals surface area contributed by atoms with E-state index in [0.29, 0.717) is 5.25 Å². The smallest absolute Gasteiger partial charge is 0.157 e. The Bertz CT molecular complexity index is 371. The zero-order chi connectivity index (χ0) is 11.4. The fourth-order valence-corrected chi connectivity index (χ4v) is 3.57. The van der Waals surface area contributed by atoms with Crippen LogP contribution in [-0.4, -0.2) is 17.0 Å². The first-order valence-corrected chi connectivity index (χ1v) is 7.59. The van der Waals surface area contributed by atoms with E-state index in [1.807, 2.05) is 23.1 Å². The van der Waals surface area contributed by atoms with Gasteiger partial charge in [-0.3, -0.25) is 4.99 Å². The number of aryl methyl sites for hydroxylation is 1. The van der Waals surface area contributed by atoms with Crippen molar-refractivity contribution in [1.82, 2.24) is 5.32 Å². The van der Waals surface area contributed by atoms with Crippen LogP contribution in [-0.2, 0) is 13.0 Å². The molecule has 16 heavy (non-hydrogen) atoms. The minimum absolute atomic E-state index is 0.691. The molecule has 2 rings (SSSR count). The standard InChI is InChI=1S/C12H18N2S2/c1-3-9-5-6-15-11(9)8-14-12-13-7-10(4-2)16-12/h5-6,10H,3-4,7-8H2,1-2H3,(H,13,14). The largest absolute Gasteiger partial charge is 0.360 e. The van der Waals surface area contributed by atoms with Gasteiger partial charge in [-0.2, -0.15) is 0 Å². The molecule has 0 aliphatic carbocycles. The minimum Gasteiger partial charge on any atom is -0.360 e. The van der Waals surface area contributed by atoms with Gasteiger partial charge in [0.25, 0.3) is 0 Å². The highest BCUT2D eigenvalue weighted by Crippen LogP contribution is 2.23. The first-order valence-electron chi connectivity index (χ1n) is 5.83. The van der Waals surface area contributed by atoms with E-state index in [1.165, 1.54) is 16.9 Å². The number of amidine groups is 1. The van der Waals surface area contributed by atoms with Crippen LogP contribution in [0.3, 0.4) is 0 Å². The van der Waals surface area contributed by atoms with Gasteiger partial charge in [-0.1, -0.05) is 25.6 Å². The Morgan fingerprint density at radius 2 is 2.38 bits per heavy atom. The predicted octanol–water partition coefficient (Wildman–Crippen LogP) is 3.28. The average Bonchev–Trinajstić information content (AvgIpc) is 2.94. The molecule has 1 unspecified atom stereocenters. The first kappa shape index (κ1) is 12.0. The highest BCUT2D eigenvalue weighted by Gasteiger charge is 2.17. The lowest BCUT2D eigenvalue weighted by molar-refractivity contribution is 0.839. The van der Waals surface area contributed by atoms with E-state index in [0.717, 1.165) is 24.7 Å². The summed E-state index contributed by atoms with van der Waals surface area (Å²) >= 11 is 3.73. The molecular weight excluding hydrogens is 236 g/mol. The molecule has 1 atom stereocenters. The van der Waals surface area contributed by atoms with Gasteiger partial charge in [0.2, 0.25) is 0 Å². The summed E-state index contributed by atoms with van der Waals surface area (Å²) < 4.78 is 0. The van der Waals surface area contributed by atoms with Gasteiger partial charge in [0.05, 0.1) is 13.1 Å². The maximum Gasteiger partial charge on any atom is 0.157 e. The third-order valence-electron chi connectivity index (χ3n) is 2.79. The van der Waals surface area contributed by atoms with E-state index in [2.05, 4.69) is 35.6 Å². The second-order valence-electron chi connectivity index (χ2n) is 3.87. The van der Waals surface area contributed by atoms with Crippen molar-refractivity contribution in [3.05, 3.63) is 21.9 Å². The van der Waals surface area contributed by atoms with Gasteiger partial charge in [-0.05, 0) is 29.9 Å². The molecule has 0 amide bonds. The Kier molecular flexibility index (Phi) is 4.29. The third-order valence-corrected chi connectivity index (χ3v) is 5.07. The molecule has 0 fully saturated rings. The van der Waals surface area contributed by atoms with Crippen LogP contribution in [0.5, 0.6) is 0 Å². The van der Waals surface area contributed by atoms with Crippen LogP contribution in [0, 0.1) is 0 Å². The lowest BCUT2D eigenvalue weighted by Crippen LogP contribution is -2.18. The van der Waals surface area contributed by atoms with E-state index in [9.17, 15) is 0 Å². The predicted molar refractivity (Wildman–Crippen MR) is 74.5 cm³/mol. The van der Waals surface area contributed by atoms with Gasteiger partial charge in [-0.25, -0.2) is 0 Å². The van der Waals surface area contributed by atoms with Gasteiger partial charge in [-0.15, -0.1) is 11.3 Å². The van der Waals surface area contributed by atoms with E-state index in [4.69, 9.17) is 0 Å². The lowest BCUT2D eigenvalue weighted by Gasteiger charge is -2.07. The zero-order valence-electron chi connectivity index (χ0n) is 9.82. The van der Waals surface area contributed by atoms with Crippen molar-refractivity contribution in [2.24, 2.45) is 4.99 Å². The summed E-state index contributed by atoms with van der Waals surface area (Å²) in [5.41, 5.74) is 1.47. The normalized spacial score (nSPS) is 19.9. The first-order chi connectivity index (χ1) is 7.83. The number of nitrogens with zero attached hydrogens (tertiary/aromatic N) is 1. The molecule has 2 nitrogen and oxygen atoms in total. The summed E-state index contributed by atoms with van der Waals surface area (Å²) in [6.45, 7) is 6.35. The maximum atomic E-state index is 4.52. The Balaban J connectivity index is 1.84.